The smallest absolute Gasteiger partial charge is 0.286 e. The van der Waals surface area contributed by atoms with E-state index >= 15 is 0 Å². The maximum atomic E-state index is 14.7. The molecular formula is C29H36FN7O2. The van der Waals surface area contributed by atoms with Gasteiger partial charge in [-0.2, -0.15) is 4.98 Å². The first-order chi connectivity index (χ1) is 18.5. The van der Waals surface area contributed by atoms with Crippen molar-refractivity contribution in [2.24, 2.45) is 0 Å². The number of pyridine rings is 1. The third-order valence-electron chi connectivity index (χ3n) is 7.58. The third kappa shape index (κ3) is 5.01. The van der Waals surface area contributed by atoms with E-state index in [-0.39, 0.29) is 17.6 Å². The van der Waals surface area contributed by atoms with Crippen molar-refractivity contribution in [3.05, 3.63) is 74.3 Å². The molecule has 0 radical (unpaired) electrons. The molecule has 206 valence electrons. The van der Waals surface area contributed by atoms with Gasteiger partial charge in [-0.05, 0) is 96.8 Å². The number of halogens is 1. The van der Waals surface area contributed by atoms with Gasteiger partial charge >= 0.3 is 0 Å². The predicted octanol–water partition coefficient (Wildman–Crippen LogP) is 4.91. The highest BCUT2D eigenvalue weighted by atomic mass is 19.1. The van der Waals surface area contributed by atoms with Gasteiger partial charge in [-0.3, -0.25) is 9.59 Å². The summed E-state index contributed by atoms with van der Waals surface area (Å²) in [5, 5.41) is 3.59. The number of nitrogens with one attached hydrogen (secondary N) is 1. The molecule has 5 rings (SSSR count). The van der Waals surface area contributed by atoms with Crippen LogP contribution in [0.4, 0.5) is 16.0 Å². The normalized spacial score (nSPS) is 15.1. The molecule has 4 heterocycles. The van der Waals surface area contributed by atoms with Crippen LogP contribution in [0.1, 0.15) is 69.7 Å². The Morgan fingerprint density at radius 3 is 2.38 bits per heavy atom. The monoisotopic (exact) mass is 533 g/mol. The first-order valence-electron chi connectivity index (χ1n) is 13.5. The largest absolute Gasteiger partial charge is 0.324 e. The van der Waals surface area contributed by atoms with Crippen LogP contribution in [0.25, 0.3) is 16.7 Å². The fraction of sp³-hybridized carbons (Fsp3) is 0.448. The summed E-state index contributed by atoms with van der Waals surface area (Å²) in [4.78, 5) is 37.2. The number of benzene rings is 1. The van der Waals surface area contributed by atoms with Crippen molar-refractivity contribution in [3.63, 3.8) is 0 Å². The van der Waals surface area contributed by atoms with Crippen LogP contribution in [0.5, 0.6) is 0 Å². The highest BCUT2D eigenvalue weighted by Crippen LogP contribution is 2.31. The van der Waals surface area contributed by atoms with Crippen molar-refractivity contribution in [3.8, 4) is 5.69 Å². The van der Waals surface area contributed by atoms with Crippen LogP contribution in [-0.2, 0) is 0 Å². The quantitative estimate of drug-likeness (QED) is 0.379. The van der Waals surface area contributed by atoms with E-state index in [0.29, 0.717) is 28.6 Å². The molecule has 1 N–H and O–H groups in total. The van der Waals surface area contributed by atoms with Crippen LogP contribution in [0.15, 0.2) is 46.2 Å². The van der Waals surface area contributed by atoms with E-state index in [9.17, 15) is 14.0 Å². The minimum Gasteiger partial charge on any atom is -0.324 e. The van der Waals surface area contributed by atoms with Gasteiger partial charge in [0, 0.05) is 36.2 Å². The van der Waals surface area contributed by atoms with Gasteiger partial charge < -0.3 is 14.8 Å². The summed E-state index contributed by atoms with van der Waals surface area (Å²) >= 11 is 0. The van der Waals surface area contributed by atoms with E-state index in [2.05, 4.69) is 41.3 Å². The molecule has 39 heavy (non-hydrogen) atoms. The van der Waals surface area contributed by atoms with Crippen LogP contribution in [0, 0.1) is 12.7 Å². The Hall–Kier alpha value is -3.79. The number of rotatable bonds is 6. The van der Waals surface area contributed by atoms with Gasteiger partial charge in [0.25, 0.3) is 11.1 Å². The topological polar surface area (TPSA) is 90.0 Å². The number of nitrogens with zero attached hydrogens (tertiary/aromatic N) is 6. The van der Waals surface area contributed by atoms with Crippen molar-refractivity contribution in [1.29, 1.82) is 0 Å². The van der Waals surface area contributed by atoms with Gasteiger partial charge in [0.1, 0.15) is 5.39 Å². The summed E-state index contributed by atoms with van der Waals surface area (Å²) in [7, 11) is 2.17. The zero-order valence-electron chi connectivity index (χ0n) is 23.4. The summed E-state index contributed by atoms with van der Waals surface area (Å²) in [6.45, 7) is 11.7. The van der Waals surface area contributed by atoms with Crippen LogP contribution in [0.3, 0.4) is 0 Å². The van der Waals surface area contributed by atoms with E-state index in [1.165, 1.54) is 26.6 Å². The Balaban J connectivity index is 1.56. The van der Waals surface area contributed by atoms with Crippen molar-refractivity contribution < 1.29 is 4.39 Å². The molecule has 1 aromatic carbocycles. The average Bonchev–Trinajstić information content (AvgIpc) is 3.18. The van der Waals surface area contributed by atoms with E-state index in [0.717, 1.165) is 37.7 Å². The first kappa shape index (κ1) is 26.8. The SMILES string of the molecule is Cc1cc(Nc2ncc3c(=O)n(C(C)C)n(-c4cc(F)c(=O)n(C(C)C)c4)c3n2)ccc1C1CCN(C)CC1. The maximum absolute atomic E-state index is 14.7. The highest BCUT2D eigenvalue weighted by molar-refractivity contribution is 5.77. The number of likely N-dealkylation sites (tertiary alicyclic amines) is 1. The van der Waals surface area contributed by atoms with Crippen LogP contribution < -0.4 is 16.4 Å². The molecule has 1 aliphatic rings. The van der Waals surface area contributed by atoms with Crippen LogP contribution in [0.2, 0.25) is 0 Å². The Bertz CT molecular complexity index is 1640. The molecule has 10 heteroatoms. The number of aromatic nitrogens is 5. The minimum atomic E-state index is -0.890. The van der Waals surface area contributed by atoms with Crippen LogP contribution in [-0.4, -0.2) is 48.9 Å². The summed E-state index contributed by atoms with van der Waals surface area (Å²) < 4.78 is 19.1. The molecule has 0 spiro atoms. The van der Waals surface area contributed by atoms with Gasteiger partial charge in [0.05, 0.1) is 5.69 Å². The van der Waals surface area contributed by atoms with Gasteiger partial charge in [-0.15, -0.1) is 0 Å². The molecule has 1 saturated heterocycles. The Morgan fingerprint density at radius 1 is 1.03 bits per heavy atom. The fourth-order valence-corrected chi connectivity index (χ4v) is 5.49. The summed E-state index contributed by atoms with van der Waals surface area (Å²) in [6.07, 6.45) is 5.36. The lowest BCUT2D eigenvalue weighted by molar-refractivity contribution is 0.255. The van der Waals surface area contributed by atoms with Gasteiger partial charge in [-0.25, -0.2) is 18.7 Å². The average molecular weight is 534 g/mol. The van der Waals surface area contributed by atoms with Crippen molar-refractivity contribution in [2.45, 2.75) is 65.5 Å². The number of anilines is 2. The summed E-state index contributed by atoms with van der Waals surface area (Å²) in [5.74, 6) is -0.0118. The molecule has 0 atom stereocenters. The van der Waals surface area contributed by atoms with Crippen molar-refractivity contribution in [1.82, 2.24) is 28.8 Å². The summed E-state index contributed by atoms with van der Waals surface area (Å²) in [6, 6.07) is 6.95. The number of piperidine rings is 1. The lowest BCUT2D eigenvalue weighted by Crippen LogP contribution is -2.29. The molecule has 9 nitrogen and oxygen atoms in total. The molecule has 1 aliphatic heterocycles. The number of hydrogen-bond acceptors (Lipinski definition) is 6. The molecular weight excluding hydrogens is 497 g/mol. The second-order valence-electron chi connectivity index (χ2n) is 11.1. The molecule has 1 fully saturated rings. The van der Waals surface area contributed by atoms with E-state index < -0.39 is 11.4 Å². The molecule has 4 aromatic rings. The van der Waals surface area contributed by atoms with Gasteiger partial charge in [0.2, 0.25) is 5.95 Å². The van der Waals surface area contributed by atoms with E-state index in [1.807, 2.05) is 19.9 Å². The minimum absolute atomic E-state index is 0.250. The molecule has 3 aromatic heterocycles. The summed E-state index contributed by atoms with van der Waals surface area (Å²) in [5.41, 5.74) is 3.11. The fourth-order valence-electron chi connectivity index (χ4n) is 5.49. The molecule has 0 amide bonds. The third-order valence-corrected chi connectivity index (χ3v) is 7.58. The maximum Gasteiger partial charge on any atom is 0.286 e. The van der Waals surface area contributed by atoms with E-state index in [4.69, 9.17) is 4.98 Å². The highest BCUT2D eigenvalue weighted by Gasteiger charge is 2.22. The lowest BCUT2D eigenvalue weighted by atomic mass is 9.87. The number of hydrogen-bond donors (Lipinski definition) is 1. The Kier molecular flexibility index (Phi) is 7.15. The van der Waals surface area contributed by atoms with Crippen molar-refractivity contribution in [2.75, 3.05) is 25.5 Å². The second-order valence-corrected chi connectivity index (χ2v) is 11.1. The van der Waals surface area contributed by atoms with Gasteiger partial charge in [-0.1, -0.05) is 6.07 Å². The number of fused-ring (bicyclic) bond motifs is 1. The predicted molar refractivity (Wildman–Crippen MR) is 152 cm³/mol. The molecule has 0 bridgehead atoms. The second kappa shape index (κ2) is 10.4. The Morgan fingerprint density at radius 2 is 1.74 bits per heavy atom. The van der Waals surface area contributed by atoms with Crippen LogP contribution >= 0.6 is 0 Å². The standard InChI is InChI=1S/C29H36FN7O2/c1-17(2)35-16-22(14-25(30)28(35)39)37-26-24(27(38)36(37)18(3)4)15-31-29(33-26)32-21-7-8-23(19(5)13-21)20-9-11-34(6)12-10-20/h7-8,13-18,20H,9-12H2,1-6H3,(H,31,32,33). The molecule has 0 unspecified atom stereocenters. The zero-order chi connectivity index (χ0) is 28.0. The van der Waals surface area contributed by atoms with Crippen molar-refractivity contribution >= 4 is 22.7 Å². The lowest BCUT2D eigenvalue weighted by Gasteiger charge is -2.30. The Labute approximate surface area is 226 Å². The zero-order valence-corrected chi connectivity index (χ0v) is 23.4. The first-order valence-corrected chi connectivity index (χ1v) is 13.5. The van der Waals surface area contributed by atoms with E-state index in [1.54, 1.807) is 24.7 Å². The molecule has 0 saturated carbocycles. The van der Waals surface area contributed by atoms with Gasteiger partial charge in [0.15, 0.2) is 11.5 Å². The number of aryl methyl sites for hydroxylation is 1. The molecule has 0 aliphatic carbocycles.